The average molecular weight is 507 g/mol. The minimum absolute atomic E-state index is 0.0192. The minimum atomic E-state index is -3.91. The van der Waals surface area contributed by atoms with E-state index >= 15 is 0 Å². The predicted octanol–water partition coefficient (Wildman–Crippen LogP) is 3.16. The molecule has 2 atom stereocenters. The number of amides is 1. The standard InChI is InChI=1S/C19H25BrClN3O4S/c1-4-8-24-11-14-16(22-18(25)17(14)23(3)19(24)20)13-10-12(29(21,26)27)6-7-15(13)28-9-5-2/h6-7,10,16,19H,4-5,8-9,11H2,1-3H3,(H,22,25). The van der Waals surface area contributed by atoms with Crippen molar-refractivity contribution in [3.05, 3.63) is 35.0 Å². The highest BCUT2D eigenvalue weighted by Crippen LogP contribution is 2.41. The molecule has 0 fully saturated rings. The van der Waals surface area contributed by atoms with Gasteiger partial charge in [0.2, 0.25) is 0 Å². The molecule has 0 spiro atoms. The van der Waals surface area contributed by atoms with Crippen LogP contribution in [-0.4, -0.2) is 55.9 Å². The molecule has 10 heteroatoms. The van der Waals surface area contributed by atoms with Gasteiger partial charge in [-0.2, -0.15) is 0 Å². The third-order valence-corrected chi connectivity index (χ3v) is 7.58. The summed E-state index contributed by atoms with van der Waals surface area (Å²) in [5.74, 6) is 0.356. The molecule has 2 aliphatic heterocycles. The van der Waals surface area contributed by atoms with Crippen LogP contribution < -0.4 is 10.1 Å². The number of halogens is 2. The summed E-state index contributed by atoms with van der Waals surface area (Å²) in [5.41, 5.74) is 2.09. The van der Waals surface area contributed by atoms with Crippen molar-refractivity contribution in [1.82, 2.24) is 15.1 Å². The fourth-order valence-corrected chi connectivity index (χ4v) is 5.09. The Bertz CT molecular complexity index is 937. The molecular formula is C19H25BrClN3O4S. The summed E-state index contributed by atoms with van der Waals surface area (Å²) in [4.78, 5) is 16.9. The van der Waals surface area contributed by atoms with Gasteiger partial charge in [-0.05, 0) is 52.5 Å². The van der Waals surface area contributed by atoms with Crippen molar-refractivity contribution >= 4 is 41.6 Å². The zero-order valence-corrected chi connectivity index (χ0v) is 19.8. The van der Waals surface area contributed by atoms with Crippen molar-refractivity contribution in [3.8, 4) is 5.75 Å². The Labute approximate surface area is 184 Å². The van der Waals surface area contributed by atoms with Gasteiger partial charge in [0, 0.05) is 36.4 Å². The van der Waals surface area contributed by atoms with Crippen LogP contribution in [-0.2, 0) is 13.8 Å². The number of carbonyl (C=O) groups is 1. The molecule has 160 valence electrons. The second-order valence-corrected chi connectivity index (χ2v) is 10.5. The van der Waals surface area contributed by atoms with Crippen molar-refractivity contribution in [1.29, 1.82) is 0 Å². The van der Waals surface area contributed by atoms with E-state index in [0.717, 1.165) is 25.0 Å². The number of hydrogen-bond acceptors (Lipinski definition) is 6. The highest BCUT2D eigenvalue weighted by molar-refractivity contribution is 9.09. The van der Waals surface area contributed by atoms with Gasteiger partial charge in [0.1, 0.15) is 16.5 Å². The molecule has 1 aromatic rings. The van der Waals surface area contributed by atoms with E-state index in [4.69, 9.17) is 15.4 Å². The van der Waals surface area contributed by atoms with Crippen LogP contribution in [0.4, 0.5) is 0 Å². The molecule has 3 rings (SSSR count). The van der Waals surface area contributed by atoms with E-state index < -0.39 is 15.1 Å². The monoisotopic (exact) mass is 505 g/mol. The number of alkyl halides is 1. The van der Waals surface area contributed by atoms with Gasteiger partial charge in [0.25, 0.3) is 15.0 Å². The van der Waals surface area contributed by atoms with Crippen LogP contribution in [0.15, 0.2) is 34.4 Å². The van der Waals surface area contributed by atoms with Crippen LogP contribution in [0, 0.1) is 0 Å². The lowest BCUT2D eigenvalue weighted by atomic mass is 9.97. The maximum Gasteiger partial charge on any atom is 0.268 e. The van der Waals surface area contributed by atoms with E-state index in [2.05, 4.69) is 33.1 Å². The third-order valence-electron chi connectivity index (χ3n) is 5.04. The predicted molar refractivity (Wildman–Crippen MR) is 116 cm³/mol. The number of nitrogens with zero attached hydrogens (tertiary/aromatic N) is 2. The van der Waals surface area contributed by atoms with E-state index in [1.54, 1.807) is 6.07 Å². The zero-order chi connectivity index (χ0) is 21.3. The van der Waals surface area contributed by atoms with Crippen molar-refractivity contribution in [2.75, 3.05) is 26.7 Å². The first-order valence-corrected chi connectivity index (χ1v) is 12.8. The van der Waals surface area contributed by atoms with Crippen LogP contribution in [0.5, 0.6) is 5.75 Å². The molecule has 1 aromatic carbocycles. The number of benzene rings is 1. The molecule has 0 saturated heterocycles. The number of rotatable bonds is 7. The quantitative estimate of drug-likeness (QED) is 0.348. The summed E-state index contributed by atoms with van der Waals surface area (Å²) in [6, 6.07) is 4.05. The first-order valence-electron chi connectivity index (χ1n) is 9.55. The van der Waals surface area contributed by atoms with Gasteiger partial charge < -0.3 is 15.0 Å². The molecule has 29 heavy (non-hydrogen) atoms. The summed E-state index contributed by atoms with van der Waals surface area (Å²) in [7, 11) is 3.53. The number of likely N-dealkylation sites (N-methyl/N-ethyl adjacent to an activating group) is 1. The Morgan fingerprint density at radius 1 is 1.31 bits per heavy atom. The van der Waals surface area contributed by atoms with E-state index in [9.17, 15) is 13.2 Å². The molecule has 0 aromatic heterocycles. The molecule has 0 radical (unpaired) electrons. The molecule has 1 amide bonds. The molecular weight excluding hydrogens is 482 g/mol. The number of ether oxygens (including phenoxy) is 1. The van der Waals surface area contributed by atoms with Gasteiger partial charge in [0.15, 0.2) is 0 Å². The van der Waals surface area contributed by atoms with Crippen LogP contribution in [0.1, 0.15) is 38.3 Å². The second kappa shape index (κ2) is 8.83. The Hall–Kier alpha value is -1.29. The smallest absolute Gasteiger partial charge is 0.268 e. The lowest BCUT2D eigenvalue weighted by Gasteiger charge is -2.40. The summed E-state index contributed by atoms with van der Waals surface area (Å²) in [5, 5.41) is 2.91. The van der Waals surface area contributed by atoms with Crippen LogP contribution in [0.2, 0.25) is 0 Å². The number of carbonyl (C=O) groups excluding carboxylic acids is 1. The van der Waals surface area contributed by atoms with Gasteiger partial charge in [-0.25, -0.2) is 8.42 Å². The molecule has 1 N–H and O–H groups in total. The van der Waals surface area contributed by atoms with Gasteiger partial charge in [0.05, 0.1) is 17.5 Å². The second-order valence-electron chi connectivity index (χ2n) is 7.16. The molecule has 7 nitrogen and oxygen atoms in total. The van der Waals surface area contributed by atoms with Crippen molar-refractivity contribution in [2.45, 2.75) is 42.7 Å². The number of nitrogens with one attached hydrogen (secondary N) is 1. The summed E-state index contributed by atoms with van der Waals surface area (Å²) in [6.45, 7) is 6.01. The first kappa shape index (κ1) is 22.4. The fourth-order valence-electron chi connectivity index (χ4n) is 3.75. The van der Waals surface area contributed by atoms with Gasteiger partial charge in [-0.15, -0.1) is 0 Å². The molecule has 2 aliphatic rings. The van der Waals surface area contributed by atoms with Gasteiger partial charge in [-0.1, -0.05) is 13.8 Å². The lowest BCUT2D eigenvalue weighted by Crippen LogP contribution is -2.48. The van der Waals surface area contributed by atoms with E-state index in [1.807, 2.05) is 18.9 Å². The van der Waals surface area contributed by atoms with Crippen LogP contribution in [0.3, 0.4) is 0 Å². The minimum Gasteiger partial charge on any atom is -0.493 e. The highest BCUT2D eigenvalue weighted by atomic mass is 79.9. The van der Waals surface area contributed by atoms with Crippen LogP contribution in [0.25, 0.3) is 0 Å². The van der Waals surface area contributed by atoms with Crippen LogP contribution >= 0.6 is 26.6 Å². The van der Waals surface area contributed by atoms with Crippen molar-refractivity contribution < 1.29 is 17.9 Å². The Balaban J connectivity index is 2.09. The Morgan fingerprint density at radius 3 is 2.66 bits per heavy atom. The maximum atomic E-state index is 12.8. The third kappa shape index (κ3) is 4.42. The summed E-state index contributed by atoms with van der Waals surface area (Å²) >= 11 is 3.66. The van der Waals surface area contributed by atoms with E-state index in [1.165, 1.54) is 12.1 Å². The van der Waals surface area contributed by atoms with Gasteiger partial charge in [-0.3, -0.25) is 9.69 Å². The Morgan fingerprint density at radius 2 is 2.03 bits per heavy atom. The van der Waals surface area contributed by atoms with Crippen molar-refractivity contribution in [2.24, 2.45) is 0 Å². The zero-order valence-electron chi connectivity index (χ0n) is 16.6. The molecule has 2 heterocycles. The van der Waals surface area contributed by atoms with Crippen molar-refractivity contribution in [3.63, 3.8) is 0 Å². The van der Waals surface area contributed by atoms with Gasteiger partial charge >= 0.3 is 0 Å². The molecule has 0 saturated carbocycles. The molecule has 0 bridgehead atoms. The first-order chi connectivity index (χ1) is 13.7. The summed E-state index contributed by atoms with van der Waals surface area (Å²) in [6.07, 6.45) is 1.77. The van der Waals surface area contributed by atoms with E-state index in [-0.39, 0.29) is 15.9 Å². The topological polar surface area (TPSA) is 78.9 Å². The normalized spacial score (nSPS) is 22.7. The fraction of sp³-hybridized carbons (Fsp3) is 0.526. The molecule has 2 unspecified atom stereocenters. The lowest BCUT2D eigenvalue weighted by molar-refractivity contribution is -0.118. The SMILES string of the molecule is CCCOc1ccc(S(=O)(=O)Cl)cc1C1NC(=O)C2=C1CN(CCC)C(Br)N2C. The molecule has 0 aliphatic carbocycles. The Kier molecular flexibility index (Phi) is 6.82. The largest absolute Gasteiger partial charge is 0.493 e. The number of hydrogen-bond donors (Lipinski definition) is 1. The highest BCUT2D eigenvalue weighted by Gasteiger charge is 2.42. The average Bonchev–Trinajstić information content (AvgIpc) is 2.99. The van der Waals surface area contributed by atoms with E-state index in [0.29, 0.717) is 30.2 Å². The summed E-state index contributed by atoms with van der Waals surface area (Å²) < 4.78 is 29.7. The maximum absolute atomic E-state index is 12.8.